The summed E-state index contributed by atoms with van der Waals surface area (Å²) in [6.07, 6.45) is 0. The van der Waals surface area contributed by atoms with Crippen LogP contribution in [0.25, 0.3) is 10.9 Å². The van der Waals surface area contributed by atoms with Gasteiger partial charge in [-0.1, -0.05) is 30.3 Å². The number of ether oxygens (including phenoxy) is 1. The van der Waals surface area contributed by atoms with Crippen LogP contribution >= 0.6 is 0 Å². The number of hydrogen-bond acceptors (Lipinski definition) is 5. The molecular formula is C25H25N3O4S. The van der Waals surface area contributed by atoms with Crippen molar-refractivity contribution in [3.63, 3.8) is 0 Å². The number of aromatic nitrogens is 1. The number of fused-ring (bicyclic) bond motifs is 1. The van der Waals surface area contributed by atoms with Gasteiger partial charge >= 0.3 is 0 Å². The van der Waals surface area contributed by atoms with Crippen LogP contribution in [0.3, 0.4) is 0 Å². The summed E-state index contributed by atoms with van der Waals surface area (Å²) in [6, 6.07) is 19.0. The van der Waals surface area contributed by atoms with E-state index in [1.54, 1.807) is 25.3 Å². The summed E-state index contributed by atoms with van der Waals surface area (Å²) in [5, 5.41) is 0.720. The highest BCUT2D eigenvalue weighted by Gasteiger charge is 2.24. The molecule has 7 nitrogen and oxygen atoms in total. The molecule has 3 N–H and O–H groups in total. The predicted molar refractivity (Wildman–Crippen MR) is 129 cm³/mol. The third-order valence-corrected chi connectivity index (χ3v) is 7.04. The summed E-state index contributed by atoms with van der Waals surface area (Å²) in [5.41, 5.74) is 10.2. The summed E-state index contributed by atoms with van der Waals surface area (Å²) >= 11 is 0. The van der Waals surface area contributed by atoms with Crippen LogP contribution in [0.5, 0.6) is 5.75 Å². The maximum absolute atomic E-state index is 13.3. The third-order valence-electron chi connectivity index (χ3n) is 5.71. The Morgan fingerprint density at radius 3 is 2.33 bits per heavy atom. The van der Waals surface area contributed by atoms with Crippen LogP contribution in [0.15, 0.2) is 71.6 Å². The number of methoxy groups -OCH3 is 1. The lowest BCUT2D eigenvalue weighted by atomic mass is 10.0. The Labute approximate surface area is 192 Å². The number of aryl methyl sites for hydroxylation is 2. The first-order valence-electron chi connectivity index (χ1n) is 10.4. The fourth-order valence-electron chi connectivity index (χ4n) is 3.97. The van der Waals surface area contributed by atoms with Gasteiger partial charge in [-0.25, -0.2) is 13.1 Å². The number of benzene rings is 3. The van der Waals surface area contributed by atoms with E-state index >= 15 is 0 Å². The molecule has 0 spiro atoms. The van der Waals surface area contributed by atoms with Crippen LogP contribution in [0.1, 0.15) is 27.2 Å². The lowest BCUT2D eigenvalue weighted by molar-refractivity contribution is 0.0973. The first kappa shape index (κ1) is 22.4. The molecule has 0 unspecified atom stereocenters. The van der Waals surface area contributed by atoms with E-state index in [-0.39, 0.29) is 10.6 Å². The van der Waals surface area contributed by atoms with Crippen LogP contribution in [-0.2, 0) is 16.6 Å². The van der Waals surface area contributed by atoms with Gasteiger partial charge in [0.1, 0.15) is 11.4 Å². The van der Waals surface area contributed by atoms with E-state index in [4.69, 9.17) is 10.5 Å². The molecular weight excluding hydrogens is 438 g/mol. The molecule has 8 heteroatoms. The highest BCUT2D eigenvalue weighted by atomic mass is 32.2. The van der Waals surface area contributed by atoms with Crippen molar-refractivity contribution in [3.05, 3.63) is 89.1 Å². The second kappa shape index (κ2) is 8.63. The molecule has 0 aliphatic carbocycles. The van der Waals surface area contributed by atoms with Gasteiger partial charge in [0.05, 0.1) is 17.5 Å². The normalized spacial score (nSPS) is 11.5. The molecule has 0 fully saturated rings. The Balaban J connectivity index is 1.83. The topological polar surface area (TPSA) is 103 Å². The largest absolute Gasteiger partial charge is 0.496 e. The maximum atomic E-state index is 13.3. The minimum atomic E-state index is -4.11. The van der Waals surface area contributed by atoms with E-state index in [0.717, 1.165) is 27.6 Å². The monoisotopic (exact) mass is 463 g/mol. The van der Waals surface area contributed by atoms with E-state index in [1.807, 2.05) is 48.7 Å². The zero-order chi connectivity index (χ0) is 23.8. The minimum absolute atomic E-state index is 0.0779. The summed E-state index contributed by atoms with van der Waals surface area (Å²) in [4.78, 5) is 13.2. The van der Waals surface area contributed by atoms with Crippen molar-refractivity contribution in [3.8, 4) is 5.75 Å². The van der Waals surface area contributed by atoms with Gasteiger partial charge in [0.25, 0.3) is 15.9 Å². The zero-order valence-corrected chi connectivity index (χ0v) is 19.4. The van der Waals surface area contributed by atoms with Gasteiger partial charge in [-0.15, -0.1) is 0 Å². The molecule has 4 aromatic rings. The Hall–Kier alpha value is -3.78. The number of nitrogens with two attached hydrogens (primary N) is 1. The van der Waals surface area contributed by atoms with Gasteiger partial charge in [0.2, 0.25) is 0 Å². The van der Waals surface area contributed by atoms with Crippen molar-refractivity contribution in [2.45, 2.75) is 25.3 Å². The standard InChI is InChI=1S/C25H25N3O4S/c1-16-7-4-8-17(2)21(16)15-28-22-11-6-12-24(32-3)20(22)14-23(28)25(29)27-33(30,31)19-10-5-9-18(26)13-19/h4-14H,15,26H2,1-3H3,(H,27,29). The number of anilines is 1. The van der Waals surface area contributed by atoms with Crippen molar-refractivity contribution < 1.29 is 17.9 Å². The molecule has 1 aromatic heterocycles. The van der Waals surface area contributed by atoms with E-state index in [0.29, 0.717) is 18.0 Å². The van der Waals surface area contributed by atoms with Crippen molar-refractivity contribution in [1.82, 2.24) is 9.29 Å². The highest BCUT2D eigenvalue weighted by Crippen LogP contribution is 2.30. The van der Waals surface area contributed by atoms with Crippen LogP contribution in [0.4, 0.5) is 5.69 Å². The van der Waals surface area contributed by atoms with Crippen molar-refractivity contribution >= 4 is 32.5 Å². The van der Waals surface area contributed by atoms with Crippen LogP contribution in [-0.4, -0.2) is 26.0 Å². The SMILES string of the molecule is COc1cccc2c1cc(C(=O)NS(=O)(=O)c1cccc(N)c1)n2Cc1c(C)cccc1C. The Morgan fingerprint density at radius 1 is 1.00 bits per heavy atom. The number of carbonyl (C=O) groups is 1. The molecule has 0 saturated carbocycles. The van der Waals surface area contributed by atoms with E-state index < -0.39 is 15.9 Å². The van der Waals surface area contributed by atoms with Gasteiger partial charge < -0.3 is 15.0 Å². The highest BCUT2D eigenvalue weighted by molar-refractivity contribution is 7.90. The van der Waals surface area contributed by atoms with Gasteiger partial charge in [-0.2, -0.15) is 0 Å². The molecule has 0 atom stereocenters. The van der Waals surface area contributed by atoms with E-state index in [1.165, 1.54) is 18.2 Å². The maximum Gasteiger partial charge on any atom is 0.281 e. The average Bonchev–Trinajstić information content (AvgIpc) is 3.15. The molecule has 0 aliphatic rings. The van der Waals surface area contributed by atoms with Crippen LogP contribution in [0, 0.1) is 13.8 Å². The first-order valence-corrected chi connectivity index (χ1v) is 11.8. The second-order valence-electron chi connectivity index (χ2n) is 7.89. The van der Waals surface area contributed by atoms with Gasteiger partial charge in [0.15, 0.2) is 0 Å². The van der Waals surface area contributed by atoms with Gasteiger partial charge in [-0.05, 0) is 66.9 Å². The molecule has 1 heterocycles. The predicted octanol–water partition coefficient (Wildman–Crippen LogP) is 4.02. The van der Waals surface area contributed by atoms with Crippen molar-refractivity contribution in [2.24, 2.45) is 0 Å². The zero-order valence-electron chi connectivity index (χ0n) is 18.6. The van der Waals surface area contributed by atoms with Crippen LogP contribution < -0.4 is 15.2 Å². The number of nitrogens with one attached hydrogen (secondary N) is 1. The molecule has 1 amide bonds. The minimum Gasteiger partial charge on any atom is -0.496 e. The van der Waals surface area contributed by atoms with Gasteiger partial charge in [-0.3, -0.25) is 4.79 Å². The fourth-order valence-corrected chi connectivity index (χ4v) is 4.98. The number of nitrogen functional groups attached to an aromatic ring is 1. The number of hydrogen-bond donors (Lipinski definition) is 2. The molecule has 0 aliphatic heterocycles. The lowest BCUT2D eigenvalue weighted by Gasteiger charge is -2.15. The molecule has 3 aromatic carbocycles. The third kappa shape index (κ3) is 4.29. The Kier molecular flexibility index (Phi) is 5.86. The van der Waals surface area contributed by atoms with Crippen molar-refractivity contribution in [1.29, 1.82) is 0 Å². The first-order chi connectivity index (χ1) is 15.7. The Morgan fingerprint density at radius 2 is 1.67 bits per heavy atom. The number of sulfonamides is 1. The fraction of sp³-hybridized carbons (Fsp3) is 0.160. The summed E-state index contributed by atoms with van der Waals surface area (Å²) < 4.78 is 35.2. The number of carbonyl (C=O) groups excluding carboxylic acids is 1. The quantitative estimate of drug-likeness (QED) is 0.421. The number of amides is 1. The average molecular weight is 464 g/mol. The number of nitrogens with zero attached hydrogens (tertiary/aromatic N) is 1. The molecule has 4 rings (SSSR count). The smallest absolute Gasteiger partial charge is 0.281 e. The summed E-state index contributed by atoms with van der Waals surface area (Å²) in [6.45, 7) is 4.42. The molecule has 0 bridgehead atoms. The summed E-state index contributed by atoms with van der Waals surface area (Å²) in [5.74, 6) is -0.137. The molecule has 0 radical (unpaired) electrons. The van der Waals surface area contributed by atoms with Gasteiger partial charge in [0, 0.05) is 17.6 Å². The second-order valence-corrected chi connectivity index (χ2v) is 9.57. The van der Waals surface area contributed by atoms with Crippen molar-refractivity contribution in [2.75, 3.05) is 12.8 Å². The molecule has 170 valence electrons. The lowest BCUT2D eigenvalue weighted by Crippen LogP contribution is -2.32. The number of rotatable bonds is 6. The Bertz CT molecular complexity index is 1450. The van der Waals surface area contributed by atoms with E-state index in [2.05, 4.69) is 4.72 Å². The molecule has 33 heavy (non-hydrogen) atoms. The summed E-state index contributed by atoms with van der Waals surface area (Å²) in [7, 11) is -2.56. The van der Waals surface area contributed by atoms with Crippen LogP contribution in [0.2, 0.25) is 0 Å². The van der Waals surface area contributed by atoms with E-state index in [9.17, 15) is 13.2 Å². The molecule has 0 saturated heterocycles.